The van der Waals surface area contributed by atoms with Gasteiger partial charge in [0.25, 0.3) is 0 Å². The molecule has 1 aromatic heterocycles. The number of rotatable bonds is 16. The number of aromatic nitrogens is 1. The zero-order valence-electron chi connectivity index (χ0n) is 38.4. The average molecular weight is 994 g/mol. The van der Waals surface area contributed by atoms with Gasteiger partial charge in [-0.15, -0.1) is 0 Å². The Hall–Kier alpha value is -7.02. The molecule has 2 heterocycles. The van der Waals surface area contributed by atoms with Crippen LogP contribution < -0.4 is 65.1 Å². The quantitative estimate of drug-likeness (QED) is 0.0326. The Morgan fingerprint density at radius 3 is 2.03 bits per heavy atom. The van der Waals surface area contributed by atoms with Gasteiger partial charge >= 0.3 is 0 Å². The van der Waals surface area contributed by atoms with Crippen molar-refractivity contribution in [2.24, 2.45) is 17.2 Å². The van der Waals surface area contributed by atoms with Crippen LogP contribution in [0.25, 0.3) is 10.9 Å². The lowest BCUT2D eigenvalue weighted by Crippen LogP contribution is -2.60. The van der Waals surface area contributed by atoms with Crippen molar-refractivity contribution in [2.75, 3.05) is 24.6 Å². The molecule has 2 aromatic carbocycles. The number of amides is 8. The molecule has 1 aliphatic rings. The fourth-order valence-corrected chi connectivity index (χ4v) is 9.46. The second-order valence-corrected chi connectivity index (χ2v) is 18.9. The standard InChI is InChI=1S/C44H63N15O8S2/c1-24-37(62)57-33(20-26-10-4-3-5-11-26)40(65)56-32(15-9-18-51-44(48)49)39(64)58-34(21-27-22-52-29-13-7-6-12-28(27)29)41(66)55-30(36(45)61)16-19-68-69-23-35(42(67)53-24)59-38(63)31(54-25(2)60)14-8-17-50-43(46)47/h3-7,10-13,22,24,30-35,52H,8-9,14-21,23H2,1-2H3,(H2,45,61)(H,53,67)(H,54,60)(H,55,66)(H,56,65)(H,57,62)(H,58,64)(H,59,63)(H4,46,47,50)(H4,48,49,51)/t24-,30+,31+,32+,33-,34+,35+/m1/s1. The fourth-order valence-electron chi connectivity index (χ4n) is 7.21. The molecular weight excluding hydrogens is 931 g/mol. The van der Waals surface area contributed by atoms with Crippen LogP contribution in [0.2, 0.25) is 0 Å². The molecule has 3 aromatic rings. The van der Waals surface area contributed by atoms with Crippen LogP contribution in [0.1, 0.15) is 57.1 Å². The first-order valence-electron chi connectivity index (χ1n) is 22.3. The van der Waals surface area contributed by atoms with E-state index in [0.717, 1.165) is 21.7 Å². The van der Waals surface area contributed by atoms with E-state index in [0.29, 0.717) is 17.5 Å². The zero-order chi connectivity index (χ0) is 50.5. The minimum atomic E-state index is -1.31. The number of nitrogens with one attached hydrogen (secondary N) is 12. The summed E-state index contributed by atoms with van der Waals surface area (Å²) in [5.41, 5.74) is 18.7. The first-order chi connectivity index (χ1) is 32.9. The van der Waals surface area contributed by atoms with Crippen molar-refractivity contribution in [3.05, 3.63) is 71.9 Å². The number of para-hydroxylation sites is 1. The molecule has 1 saturated heterocycles. The van der Waals surface area contributed by atoms with Crippen LogP contribution in [0, 0.1) is 10.8 Å². The molecule has 0 bridgehead atoms. The number of benzene rings is 2. The predicted octanol–water partition coefficient (Wildman–Crippen LogP) is -1.82. The van der Waals surface area contributed by atoms with Gasteiger partial charge in [0.05, 0.1) is 0 Å². The van der Waals surface area contributed by atoms with Gasteiger partial charge in [0, 0.05) is 61.5 Å². The lowest BCUT2D eigenvalue weighted by atomic mass is 10.0. The number of H-pyrrole nitrogens is 1. The number of aromatic amines is 1. The number of hydrogen-bond acceptors (Lipinski definition) is 12. The van der Waals surface area contributed by atoms with Crippen LogP contribution in [0.15, 0.2) is 60.8 Å². The van der Waals surface area contributed by atoms with Crippen molar-refractivity contribution in [2.45, 2.75) is 101 Å². The highest BCUT2D eigenvalue weighted by molar-refractivity contribution is 8.76. The van der Waals surface area contributed by atoms with E-state index in [4.69, 9.17) is 28.0 Å². The van der Waals surface area contributed by atoms with Crippen molar-refractivity contribution in [3.8, 4) is 0 Å². The molecule has 23 nitrogen and oxygen atoms in total. The van der Waals surface area contributed by atoms with Crippen LogP contribution in [0.5, 0.6) is 0 Å². The number of carbonyl (C=O) groups excluding carboxylic acids is 8. The predicted molar refractivity (Wildman–Crippen MR) is 264 cm³/mol. The van der Waals surface area contributed by atoms with Gasteiger partial charge in [0.15, 0.2) is 11.9 Å². The first-order valence-corrected chi connectivity index (χ1v) is 24.8. The van der Waals surface area contributed by atoms with E-state index in [1.165, 1.54) is 24.6 Å². The summed E-state index contributed by atoms with van der Waals surface area (Å²) in [4.78, 5) is 113. The Kier molecular flexibility index (Phi) is 21.9. The van der Waals surface area contributed by atoms with Gasteiger partial charge in [-0.1, -0.05) is 70.1 Å². The largest absolute Gasteiger partial charge is 0.370 e. The third-order valence-corrected chi connectivity index (χ3v) is 13.2. The van der Waals surface area contributed by atoms with Crippen molar-refractivity contribution < 1.29 is 38.4 Å². The van der Waals surface area contributed by atoms with Gasteiger partial charge in [0.1, 0.15) is 42.3 Å². The van der Waals surface area contributed by atoms with E-state index in [1.54, 1.807) is 36.5 Å². The fraction of sp³-hybridized carbons (Fsp3) is 0.455. The van der Waals surface area contributed by atoms with Crippen LogP contribution in [0.4, 0.5) is 0 Å². The van der Waals surface area contributed by atoms with Crippen LogP contribution in [-0.2, 0) is 51.2 Å². The molecule has 0 aliphatic carbocycles. The molecule has 374 valence electrons. The molecule has 7 atom stereocenters. The zero-order valence-corrected chi connectivity index (χ0v) is 40.0. The maximum absolute atomic E-state index is 14.4. The highest BCUT2D eigenvalue weighted by atomic mass is 33.1. The molecule has 0 radical (unpaired) electrons. The van der Waals surface area contributed by atoms with E-state index in [9.17, 15) is 38.4 Å². The molecule has 0 spiro atoms. The van der Waals surface area contributed by atoms with E-state index in [2.05, 4.69) is 52.8 Å². The summed E-state index contributed by atoms with van der Waals surface area (Å²) in [6, 6.07) is 7.37. The van der Waals surface area contributed by atoms with Crippen LogP contribution >= 0.6 is 21.6 Å². The van der Waals surface area contributed by atoms with E-state index in [1.807, 2.05) is 24.3 Å². The Labute approximate surface area is 407 Å². The Morgan fingerprint density at radius 1 is 0.739 bits per heavy atom. The van der Waals surface area contributed by atoms with Gasteiger partial charge in [-0.2, -0.15) is 0 Å². The number of nitrogens with two attached hydrogens (primary N) is 3. The average Bonchev–Trinajstić information content (AvgIpc) is 3.71. The third kappa shape index (κ3) is 18.5. The summed E-state index contributed by atoms with van der Waals surface area (Å²) in [5, 5.41) is 39.8. The number of hydrogen-bond donors (Lipinski definition) is 15. The van der Waals surface area contributed by atoms with Crippen LogP contribution in [-0.4, -0.2) is 131 Å². The second kappa shape index (κ2) is 27.7. The molecule has 69 heavy (non-hydrogen) atoms. The number of fused-ring (bicyclic) bond motifs is 1. The maximum Gasteiger partial charge on any atom is 0.244 e. The summed E-state index contributed by atoms with van der Waals surface area (Å²) >= 11 is 0. The highest BCUT2D eigenvalue weighted by Gasteiger charge is 2.34. The summed E-state index contributed by atoms with van der Waals surface area (Å²) in [5.74, 6) is -6.31. The van der Waals surface area contributed by atoms with Gasteiger partial charge < -0.3 is 70.0 Å². The molecular formula is C44H63N15O8S2. The maximum atomic E-state index is 14.4. The second-order valence-electron chi connectivity index (χ2n) is 16.3. The first kappa shape index (κ1) is 54.6. The van der Waals surface area contributed by atoms with Gasteiger partial charge in [-0.25, -0.2) is 0 Å². The topological polar surface area (TPSA) is 386 Å². The molecule has 25 heteroatoms. The minimum Gasteiger partial charge on any atom is -0.370 e. The minimum absolute atomic E-state index is 0.0122. The highest BCUT2D eigenvalue weighted by Crippen LogP contribution is 2.24. The van der Waals surface area contributed by atoms with Gasteiger partial charge in [-0.05, 0) is 56.2 Å². The van der Waals surface area contributed by atoms with Crippen molar-refractivity contribution in [3.63, 3.8) is 0 Å². The van der Waals surface area contributed by atoms with E-state index in [-0.39, 0.29) is 75.0 Å². The smallest absolute Gasteiger partial charge is 0.244 e. The summed E-state index contributed by atoms with van der Waals surface area (Å²) < 4.78 is 0. The summed E-state index contributed by atoms with van der Waals surface area (Å²) in [6.07, 6.45) is 2.29. The van der Waals surface area contributed by atoms with Crippen LogP contribution in [0.3, 0.4) is 0 Å². The Bertz CT molecular complexity index is 2300. The SMILES string of the molecule is CC(=O)N[C@@H](CCCNC(=N)N)C(=O)N[C@H]1CSSCC[C@@H](C(N)=O)NC(=O)[C@H](Cc2c[nH]c3ccccc23)NC(=O)[C@H](CCCNC(=N)N)NC(=O)[C@@H](Cc2ccccc2)NC(=O)[C@@H](C)NC1=O. The molecule has 1 aliphatic heterocycles. The Morgan fingerprint density at radius 2 is 1.35 bits per heavy atom. The monoisotopic (exact) mass is 993 g/mol. The van der Waals surface area contributed by atoms with Crippen molar-refractivity contribution in [1.29, 1.82) is 10.8 Å². The lowest BCUT2D eigenvalue weighted by molar-refractivity contribution is -0.135. The third-order valence-electron chi connectivity index (χ3n) is 10.8. The molecule has 18 N–H and O–H groups in total. The van der Waals surface area contributed by atoms with Crippen molar-refractivity contribution in [1.82, 2.24) is 52.8 Å². The normalized spacial score (nSPS) is 21.6. The number of guanidine groups is 2. The molecule has 4 rings (SSSR count). The van der Waals surface area contributed by atoms with Crippen molar-refractivity contribution >= 4 is 91.7 Å². The summed E-state index contributed by atoms with van der Waals surface area (Å²) in [6.45, 7) is 3.01. The van der Waals surface area contributed by atoms with Gasteiger partial charge in [0.2, 0.25) is 47.3 Å². The molecule has 0 unspecified atom stereocenters. The Balaban J connectivity index is 1.70. The molecule has 0 saturated carbocycles. The number of primary amides is 1. The lowest BCUT2D eigenvalue weighted by Gasteiger charge is -2.27. The van der Waals surface area contributed by atoms with Gasteiger partial charge in [-0.3, -0.25) is 49.2 Å². The molecule has 8 amide bonds. The summed E-state index contributed by atoms with van der Waals surface area (Å²) in [7, 11) is 2.36. The number of carbonyl (C=O) groups is 8. The van der Waals surface area contributed by atoms with E-state index < -0.39 is 89.6 Å². The molecule has 1 fully saturated rings. The van der Waals surface area contributed by atoms with E-state index >= 15 is 0 Å².